The molecule has 0 radical (unpaired) electrons. The summed E-state index contributed by atoms with van der Waals surface area (Å²) in [5.41, 5.74) is 3.29. The van der Waals surface area contributed by atoms with Gasteiger partial charge in [-0.1, -0.05) is 60.3 Å². The Morgan fingerprint density at radius 1 is 1.12 bits per heavy atom. The minimum absolute atomic E-state index is 0.0357. The summed E-state index contributed by atoms with van der Waals surface area (Å²) in [4.78, 5) is 32.4. The van der Waals surface area contributed by atoms with E-state index >= 15 is 0 Å². The molecule has 2 aliphatic heterocycles. The maximum absolute atomic E-state index is 13.0. The normalized spacial score (nSPS) is 15.8. The highest BCUT2D eigenvalue weighted by molar-refractivity contribution is 8.14. The molecule has 0 atom stereocenters. The number of hydrogen-bond acceptors (Lipinski definition) is 4. The van der Waals surface area contributed by atoms with E-state index in [0.717, 1.165) is 17.7 Å². The second kappa shape index (κ2) is 7.33. The molecule has 0 spiro atoms. The highest BCUT2D eigenvalue weighted by atomic mass is 32.2. The summed E-state index contributed by atoms with van der Waals surface area (Å²) in [6, 6.07) is 18.0. The molecule has 0 aliphatic carbocycles. The lowest BCUT2D eigenvalue weighted by atomic mass is 10.2. The third-order valence-corrected chi connectivity index (χ3v) is 5.55. The summed E-state index contributed by atoms with van der Waals surface area (Å²) in [5.74, 6) is 0.247. The predicted octanol–water partition coefficient (Wildman–Crippen LogP) is 2.71. The monoisotopic (exact) mass is 365 g/mol. The summed E-state index contributed by atoms with van der Waals surface area (Å²) >= 11 is 1.40. The van der Waals surface area contributed by atoms with E-state index in [4.69, 9.17) is 0 Å². The van der Waals surface area contributed by atoms with Crippen molar-refractivity contribution in [2.45, 2.75) is 13.0 Å². The number of thioether (sulfide) groups is 1. The van der Waals surface area contributed by atoms with Gasteiger partial charge in [0.2, 0.25) is 5.91 Å². The molecule has 2 aliphatic rings. The molecule has 132 valence electrons. The van der Waals surface area contributed by atoms with Gasteiger partial charge < -0.3 is 9.80 Å². The number of amidine groups is 1. The number of amides is 2. The van der Waals surface area contributed by atoms with Crippen LogP contribution < -0.4 is 4.90 Å². The lowest BCUT2D eigenvalue weighted by Crippen LogP contribution is -2.41. The van der Waals surface area contributed by atoms with Gasteiger partial charge >= 0.3 is 0 Å². The third kappa shape index (κ3) is 3.51. The molecule has 26 heavy (non-hydrogen) atoms. The smallest absolute Gasteiger partial charge is 0.258 e. The predicted molar refractivity (Wildman–Crippen MR) is 104 cm³/mol. The van der Waals surface area contributed by atoms with Gasteiger partial charge in [0.1, 0.15) is 0 Å². The number of hydrogen-bond donors (Lipinski definition) is 0. The maximum Gasteiger partial charge on any atom is 0.258 e. The van der Waals surface area contributed by atoms with E-state index in [1.807, 2.05) is 58.3 Å². The van der Waals surface area contributed by atoms with Gasteiger partial charge in [0.15, 0.2) is 5.17 Å². The average Bonchev–Trinajstić information content (AvgIpc) is 3.28. The van der Waals surface area contributed by atoms with Crippen LogP contribution in [0.1, 0.15) is 11.1 Å². The summed E-state index contributed by atoms with van der Waals surface area (Å²) in [6.45, 7) is 1.47. The quantitative estimate of drug-likeness (QED) is 0.836. The van der Waals surface area contributed by atoms with E-state index in [0.29, 0.717) is 24.0 Å². The third-order valence-electron chi connectivity index (χ3n) is 4.55. The van der Waals surface area contributed by atoms with Gasteiger partial charge in [-0.3, -0.25) is 9.59 Å². The van der Waals surface area contributed by atoms with E-state index < -0.39 is 0 Å². The first-order valence-corrected chi connectivity index (χ1v) is 9.61. The van der Waals surface area contributed by atoms with Gasteiger partial charge in [-0.25, -0.2) is 0 Å². The van der Waals surface area contributed by atoms with Crippen LogP contribution in [0.2, 0.25) is 0 Å². The SMILES string of the molecule is O=C1CSC(N(CC(=O)N2CCc3ccccc32)Cc2ccccc2)=N1. The molecule has 0 saturated heterocycles. The van der Waals surface area contributed by atoms with E-state index in [-0.39, 0.29) is 18.4 Å². The molecule has 4 rings (SSSR count). The molecular formula is C20H19N3O2S. The largest absolute Gasteiger partial charge is 0.337 e. The van der Waals surface area contributed by atoms with E-state index in [1.54, 1.807) is 0 Å². The van der Waals surface area contributed by atoms with Crippen LogP contribution >= 0.6 is 11.8 Å². The lowest BCUT2D eigenvalue weighted by Gasteiger charge is -2.26. The zero-order valence-electron chi connectivity index (χ0n) is 14.3. The Bertz CT molecular complexity index is 866. The van der Waals surface area contributed by atoms with Crippen LogP contribution in [-0.4, -0.2) is 40.7 Å². The van der Waals surface area contributed by atoms with Crippen molar-refractivity contribution in [3.8, 4) is 0 Å². The zero-order chi connectivity index (χ0) is 17.9. The number of rotatable bonds is 4. The van der Waals surface area contributed by atoms with Gasteiger partial charge in [0.05, 0.1) is 12.3 Å². The minimum Gasteiger partial charge on any atom is -0.337 e. The molecule has 5 nitrogen and oxygen atoms in total. The second-order valence-corrected chi connectivity index (χ2v) is 7.29. The summed E-state index contributed by atoms with van der Waals surface area (Å²) in [5, 5.41) is 0.639. The fourth-order valence-corrected chi connectivity index (χ4v) is 4.10. The van der Waals surface area contributed by atoms with Crippen molar-refractivity contribution in [3.05, 3.63) is 65.7 Å². The summed E-state index contributed by atoms with van der Waals surface area (Å²) in [6.07, 6.45) is 0.884. The Morgan fingerprint density at radius 2 is 1.88 bits per heavy atom. The zero-order valence-corrected chi connectivity index (χ0v) is 15.1. The summed E-state index contributed by atoms with van der Waals surface area (Å²) < 4.78 is 0. The van der Waals surface area contributed by atoms with Crippen molar-refractivity contribution in [1.29, 1.82) is 0 Å². The van der Waals surface area contributed by atoms with Gasteiger partial charge in [0.25, 0.3) is 5.91 Å². The van der Waals surface area contributed by atoms with Gasteiger partial charge in [-0.05, 0) is 23.6 Å². The van der Waals surface area contributed by atoms with Gasteiger partial charge in [-0.2, -0.15) is 4.99 Å². The molecular weight excluding hydrogens is 346 g/mol. The standard InChI is InChI=1S/C20H19N3O2S/c24-18-14-26-20(21-18)22(12-15-6-2-1-3-7-15)13-19(25)23-11-10-16-8-4-5-9-17(16)23/h1-9H,10-14H2. The van der Waals surface area contributed by atoms with E-state index in [2.05, 4.69) is 11.1 Å². The molecule has 0 fully saturated rings. The Balaban J connectivity index is 1.54. The maximum atomic E-state index is 13.0. The number of para-hydroxylation sites is 1. The van der Waals surface area contributed by atoms with Crippen molar-refractivity contribution < 1.29 is 9.59 Å². The Kier molecular flexibility index (Phi) is 4.75. The second-order valence-electron chi connectivity index (χ2n) is 6.34. The summed E-state index contributed by atoms with van der Waals surface area (Å²) in [7, 11) is 0. The molecule has 0 bridgehead atoms. The van der Waals surface area contributed by atoms with Gasteiger partial charge in [-0.15, -0.1) is 0 Å². The first-order chi connectivity index (χ1) is 12.7. The van der Waals surface area contributed by atoms with E-state index in [9.17, 15) is 9.59 Å². The molecule has 2 aromatic rings. The number of aliphatic imine (C=N–C) groups is 1. The molecule has 0 unspecified atom stereocenters. The molecule has 6 heteroatoms. The van der Waals surface area contributed by atoms with Crippen LogP contribution in [0, 0.1) is 0 Å². The highest BCUT2D eigenvalue weighted by Gasteiger charge is 2.28. The Labute approximate surface area is 156 Å². The molecule has 2 amide bonds. The molecule has 2 heterocycles. The highest BCUT2D eigenvalue weighted by Crippen LogP contribution is 2.28. The van der Waals surface area contributed by atoms with Crippen LogP contribution in [0.5, 0.6) is 0 Å². The number of fused-ring (bicyclic) bond motifs is 1. The molecule has 0 aromatic heterocycles. The molecule has 2 aromatic carbocycles. The average molecular weight is 365 g/mol. The number of nitrogens with zero attached hydrogens (tertiary/aromatic N) is 3. The van der Waals surface area contributed by atoms with Crippen LogP contribution in [0.15, 0.2) is 59.6 Å². The van der Waals surface area contributed by atoms with Crippen LogP contribution in [0.25, 0.3) is 0 Å². The topological polar surface area (TPSA) is 53.0 Å². The van der Waals surface area contributed by atoms with Crippen molar-refractivity contribution in [2.75, 3.05) is 23.7 Å². The Hall–Kier alpha value is -2.60. The number of carbonyl (C=O) groups is 2. The minimum atomic E-state index is -0.137. The first-order valence-electron chi connectivity index (χ1n) is 8.62. The fourth-order valence-electron chi connectivity index (χ4n) is 3.30. The van der Waals surface area contributed by atoms with Crippen molar-refractivity contribution in [2.24, 2.45) is 4.99 Å². The van der Waals surface area contributed by atoms with Crippen molar-refractivity contribution in [1.82, 2.24) is 4.90 Å². The number of benzene rings is 2. The van der Waals surface area contributed by atoms with Crippen molar-refractivity contribution >= 4 is 34.4 Å². The van der Waals surface area contributed by atoms with Crippen LogP contribution in [0.3, 0.4) is 0 Å². The van der Waals surface area contributed by atoms with E-state index in [1.165, 1.54) is 17.3 Å². The molecule has 0 saturated carbocycles. The van der Waals surface area contributed by atoms with Crippen molar-refractivity contribution in [3.63, 3.8) is 0 Å². The van der Waals surface area contributed by atoms with Crippen LogP contribution in [-0.2, 0) is 22.6 Å². The number of carbonyl (C=O) groups excluding carboxylic acids is 2. The van der Waals surface area contributed by atoms with Crippen LogP contribution in [0.4, 0.5) is 5.69 Å². The van der Waals surface area contributed by atoms with Gasteiger partial charge in [0, 0.05) is 18.8 Å². The fraction of sp³-hybridized carbons (Fsp3) is 0.250. The Morgan fingerprint density at radius 3 is 2.65 bits per heavy atom. The first kappa shape index (κ1) is 16.8. The molecule has 0 N–H and O–H groups in total. The number of anilines is 1. The lowest BCUT2D eigenvalue weighted by molar-refractivity contribution is -0.119.